The van der Waals surface area contributed by atoms with Gasteiger partial charge in [0.15, 0.2) is 6.04 Å². The Hall–Kier alpha value is -2.50. The van der Waals surface area contributed by atoms with Gasteiger partial charge in [-0.3, -0.25) is 4.79 Å². The van der Waals surface area contributed by atoms with Crippen LogP contribution in [-0.4, -0.2) is 70.0 Å². The molecule has 4 N–H and O–H groups in total. The van der Waals surface area contributed by atoms with E-state index in [0.717, 1.165) is 0 Å². The van der Waals surface area contributed by atoms with Crippen molar-refractivity contribution in [2.24, 2.45) is 0 Å². The largest absolute Gasteiger partial charge is 0.480 e. The molecule has 0 radical (unpaired) electrons. The SMILES string of the molecule is O=C(O)[C@H]1[C@@H](O)[C@H](O)[C@@H](O)CN1S(=O)(=O)c1ccc(Oc2ccccc2)cc1. The molecule has 28 heavy (non-hydrogen) atoms. The van der Waals surface area contributed by atoms with E-state index in [1.54, 1.807) is 24.3 Å². The number of β-amino-alcohol motifs (C(OH)–C–C–N with tert-alkyl or cyclic N) is 1. The van der Waals surface area contributed by atoms with Crippen molar-refractivity contribution in [3.63, 3.8) is 0 Å². The summed E-state index contributed by atoms with van der Waals surface area (Å²) in [4.78, 5) is 11.2. The average Bonchev–Trinajstić information content (AvgIpc) is 2.66. The third-order valence-corrected chi connectivity index (χ3v) is 6.27. The van der Waals surface area contributed by atoms with Gasteiger partial charge in [-0.15, -0.1) is 0 Å². The zero-order valence-corrected chi connectivity index (χ0v) is 15.3. The first-order valence-electron chi connectivity index (χ1n) is 8.33. The Labute approximate surface area is 161 Å². The predicted octanol–water partition coefficient (Wildman–Crippen LogP) is 0.0191. The van der Waals surface area contributed by atoms with Gasteiger partial charge in [-0.25, -0.2) is 8.42 Å². The second-order valence-electron chi connectivity index (χ2n) is 6.29. The zero-order valence-electron chi connectivity index (χ0n) is 14.5. The highest BCUT2D eigenvalue weighted by atomic mass is 32.2. The van der Waals surface area contributed by atoms with Crippen molar-refractivity contribution in [2.45, 2.75) is 29.2 Å². The maximum Gasteiger partial charge on any atom is 0.324 e. The summed E-state index contributed by atoms with van der Waals surface area (Å²) in [6.07, 6.45) is -5.37. The summed E-state index contributed by atoms with van der Waals surface area (Å²) in [5.74, 6) is -0.708. The molecule has 10 heteroatoms. The number of hydrogen-bond donors (Lipinski definition) is 4. The molecule has 9 nitrogen and oxygen atoms in total. The second kappa shape index (κ2) is 7.86. The number of carboxylic acid groups (broad SMARTS) is 1. The Bertz CT molecular complexity index is 932. The fourth-order valence-electron chi connectivity index (χ4n) is 2.95. The van der Waals surface area contributed by atoms with Crippen LogP contribution in [0, 0.1) is 0 Å². The molecule has 0 unspecified atom stereocenters. The highest BCUT2D eigenvalue weighted by Gasteiger charge is 2.50. The number of ether oxygens (including phenoxy) is 1. The van der Waals surface area contributed by atoms with E-state index in [9.17, 15) is 33.6 Å². The van der Waals surface area contributed by atoms with Crippen molar-refractivity contribution in [3.8, 4) is 11.5 Å². The molecular weight excluding hydrogens is 390 g/mol. The lowest BCUT2D eigenvalue weighted by Crippen LogP contribution is -2.65. The number of sulfonamides is 1. The molecule has 150 valence electrons. The topological polar surface area (TPSA) is 145 Å². The lowest BCUT2D eigenvalue weighted by molar-refractivity contribution is -0.161. The Morgan fingerprint density at radius 2 is 1.50 bits per heavy atom. The van der Waals surface area contributed by atoms with Crippen LogP contribution < -0.4 is 4.74 Å². The number of piperidine rings is 1. The first-order valence-corrected chi connectivity index (χ1v) is 9.77. The van der Waals surface area contributed by atoms with Gasteiger partial charge in [-0.2, -0.15) is 4.31 Å². The Morgan fingerprint density at radius 1 is 0.929 bits per heavy atom. The highest BCUT2D eigenvalue weighted by molar-refractivity contribution is 7.89. The van der Waals surface area contributed by atoms with E-state index in [1.165, 1.54) is 24.3 Å². The molecule has 1 aliphatic rings. The van der Waals surface area contributed by atoms with Gasteiger partial charge >= 0.3 is 5.97 Å². The Kier molecular flexibility index (Phi) is 5.68. The molecule has 2 aromatic rings. The van der Waals surface area contributed by atoms with Gasteiger partial charge in [0.1, 0.15) is 23.7 Å². The third kappa shape index (κ3) is 3.86. The van der Waals surface area contributed by atoms with Crippen molar-refractivity contribution in [1.82, 2.24) is 4.31 Å². The lowest BCUT2D eigenvalue weighted by Gasteiger charge is -2.40. The molecule has 0 saturated carbocycles. The van der Waals surface area contributed by atoms with E-state index in [0.29, 0.717) is 15.8 Å². The number of para-hydroxylation sites is 1. The third-order valence-electron chi connectivity index (χ3n) is 4.41. The molecular formula is C18H19NO8S. The summed E-state index contributed by atoms with van der Waals surface area (Å²) in [6, 6.07) is 12.2. The summed E-state index contributed by atoms with van der Waals surface area (Å²) in [5.41, 5.74) is 0. The van der Waals surface area contributed by atoms with E-state index < -0.39 is 46.9 Å². The smallest absolute Gasteiger partial charge is 0.324 e. The summed E-state index contributed by atoms with van der Waals surface area (Å²) >= 11 is 0. The number of hydrogen-bond acceptors (Lipinski definition) is 7. The second-order valence-corrected chi connectivity index (χ2v) is 8.18. The molecule has 0 aromatic heterocycles. The van der Waals surface area contributed by atoms with Crippen molar-refractivity contribution >= 4 is 16.0 Å². The summed E-state index contributed by atoms with van der Waals surface area (Å²) < 4.78 is 31.8. The van der Waals surface area contributed by atoms with Gasteiger partial charge < -0.3 is 25.2 Å². The van der Waals surface area contributed by atoms with Gasteiger partial charge in [-0.05, 0) is 36.4 Å². The zero-order chi connectivity index (χ0) is 20.5. The van der Waals surface area contributed by atoms with E-state index in [1.807, 2.05) is 6.07 Å². The molecule has 0 bridgehead atoms. The molecule has 1 aliphatic heterocycles. The van der Waals surface area contributed by atoms with Gasteiger partial charge in [0.05, 0.1) is 11.0 Å². The van der Waals surface area contributed by atoms with Gasteiger partial charge in [0, 0.05) is 6.54 Å². The van der Waals surface area contributed by atoms with E-state index in [2.05, 4.69) is 0 Å². The number of aliphatic carboxylic acids is 1. The monoisotopic (exact) mass is 409 g/mol. The molecule has 0 spiro atoms. The molecule has 3 rings (SSSR count). The van der Waals surface area contributed by atoms with Crippen molar-refractivity contribution in [1.29, 1.82) is 0 Å². The molecule has 0 amide bonds. The van der Waals surface area contributed by atoms with Crippen molar-refractivity contribution in [2.75, 3.05) is 6.54 Å². The van der Waals surface area contributed by atoms with Crippen LogP contribution >= 0.6 is 0 Å². The number of nitrogens with zero attached hydrogens (tertiary/aromatic N) is 1. The fraction of sp³-hybridized carbons (Fsp3) is 0.278. The van der Waals surface area contributed by atoms with Crippen LogP contribution in [0.25, 0.3) is 0 Å². The van der Waals surface area contributed by atoms with Crippen LogP contribution in [0.3, 0.4) is 0 Å². The Balaban J connectivity index is 1.87. The van der Waals surface area contributed by atoms with Crippen molar-refractivity contribution in [3.05, 3.63) is 54.6 Å². The fourth-order valence-corrected chi connectivity index (χ4v) is 4.56. The van der Waals surface area contributed by atoms with Gasteiger partial charge in [-0.1, -0.05) is 18.2 Å². The molecule has 1 fully saturated rings. The minimum Gasteiger partial charge on any atom is -0.480 e. The Morgan fingerprint density at radius 3 is 2.07 bits per heavy atom. The summed E-state index contributed by atoms with van der Waals surface area (Å²) in [5, 5.41) is 38.8. The quantitative estimate of drug-likeness (QED) is 0.541. The van der Waals surface area contributed by atoms with E-state index in [-0.39, 0.29) is 4.90 Å². The minimum absolute atomic E-state index is 0.241. The average molecular weight is 409 g/mol. The number of carbonyl (C=O) groups is 1. The van der Waals surface area contributed by atoms with Crippen LogP contribution in [0.4, 0.5) is 0 Å². The van der Waals surface area contributed by atoms with Crippen LogP contribution in [0.15, 0.2) is 59.5 Å². The molecule has 2 aromatic carbocycles. The van der Waals surface area contributed by atoms with E-state index >= 15 is 0 Å². The first-order chi connectivity index (χ1) is 13.2. The normalized spacial score (nSPS) is 26.0. The molecule has 1 saturated heterocycles. The lowest BCUT2D eigenvalue weighted by atomic mass is 9.96. The first kappa shape index (κ1) is 20.2. The predicted molar refractivity (Wildman–Crippen MR) is 96.3 cm³/mol. The summed E-state index contributed by atoms with van der Waals surface area (Å²) in [7, 11) is -4.37. The number of aliphatic hydroxyl groups excluding tert-OH is 3. The van der Waals surface area contributed by atoms with Gasteiger partial charge in [0.2, 0.25) is 10.0 Å². The molecule has 0 aliphatic carbocycles. The highest BCUT2D eigenvalue weighted by Crippen LogP contribution is 2.28. The standard InChI is InChI=1S/C18H19NO8S/c20-14-10-19(15(18(23)24)17(22)16(14)21)28(25,26)13-8-6-12(7-9-13)27-11-4-2-1-3-5-11/h1-9,14-17,20-22H,10H2,(H,23,24)/t14-,15+,16+,17+/m0/s1. The van der Waals surface area contributed by atoms with Crippen LogP contribution in [0.2, 0.25) is 0 Å². The van der Waals surface area contributed by atoms with Crippen LogP contribution in [-0.2, 0) is 14.8 Å². The number of aliphatic hydroxyl groups is 3. The van der Waals surface area contributed by atoms with Crippen LogP contribution in [0.5, 0.6) is 11.5 Å². The van der Waals surface area contributed by atoms with Gasteiger partial charge in [0.25, 0.3) is 0 Å². The maximum absolute atomic E-state index is 12.9. The minimum atomic E-state index is -4.37. The molecule has 1 heterocycles. The number of rotatable bonds is 5. The summed E-state index contributed by atoms with van der Waals surface area (Å²) in [6.45, 7) is -0.667. The van der Waals surface area contributed by atoms with Crippen LogP contribution in [0.1, 0.15) is 0 Å². The van der Waals surface area contributed by atoms with Crippen molar-refractivity contribution < 1.29 is 38.4 Å². The number of carboxylic acids is 1. The van der Waals surface area contributed by atoms with E-state index in [4.69, 9.17) is 4.74 Å². The maximum atomic E-state index is 12.9. The number of benzene rings is 2. The molecule has 4 atom stereocenters.